The van der Waals surface area contributed by atoms with Crippen molar-refractivity contribution in [1.29, 1.82) is 0 Å². The van der Waals surface area contributed by atoms with Gasteiger partial charge in [0.05, 0.1) is 23.7 Å². The second-order valence-corrected chi connectivity index (χ2v) is 10.0. The van der Waals surface area contributed by atoms with Crippen LogP contribution in [0.4, 0.5) is 16.2 Å². The van der Waals surface area contributed by atoms with E-state index in [1.807, 2.05) is 66.7 Å². The number of furan rings is 1. The molecule has 0 bridgehead atoms. The Labute approximate surface area is 211 Å². The number of benzene rings is 2. The lowest BCUT2D eigenvalue weighted by Gasteiger charge is -2.36. The second-order valence-electron chi connectivity index (χ2n) is 10.0. The van der Waals surface area contributed by atoms with Crippen LogP contribution in [0.5, 0.6) is 0 Å². The fourth-order valence-electron chi connectivity index (χ4n) is 5.98. The number of hydrogen-bond acceptors (Lipinski definition) is 4. The van der Waals surface area contributed by atoms with Gasteiger partial charge in [-0.25, -0.2) is 4.79 Å². The van der Waals surface area contributed by atoms with E-state index in [0.29, 0.717) is 18.4 Å². The molecule has 0 radical (unpaired) electrons. The summed E-state index contributed by atoms with van der Waals surface area (Å²) in [7, 11) is 0. The van der Waals surface area contributed by atoms with E-state index in [-0.39, 0.29) is 23.8 Å². The highest BCUT2D eigenvalue weighted by atomic mass is 16.3. The molecule has 2 atom stereocenters. The number of hydrogen-bond donors (Lipinski definition) is 2. The van der Waals surface area contributed by atoms with Crippen molar-refractivity contribution in [2.45, 2.75) is 62.9 Å². The maximum atomic E-state index is 14.0. The minimum Gasteiger partial charge on any atom is -0.469 e. The molecule has 6 nitrogen and oxygen atoms in total. The molecule has 36 heavy (non-hydrogen) atoms. The molecule has 2 aromatic carbocycles. The maximum absolute atomic E-state index is 14.0. The summed E-state index contributed by atoms with van der Waals surface area (Å²) in [5, 5.41) is 6.88. The number of allylic oxidation sites excluding steroid dienone is 1. The number of carbonyl (C=O) groups is 2. The smallest absolute Gasteiger partial charge is 0.323 e. The topological polar surface area (TPSA) is 74.6 Å². The minimum absolute atomic E-state index is 0.0371. The maximum Gasteiger partial charge on any atom is 0.323 e. The first-order chi connectivity index (χ1) is 17.7. The average Bonchev–Trinajstić information content (AvgIpc) is 3.40. The molecule has 2 N–H and O–H groups in total. The van der Waals surface area contributed by atoms with Crippen LogP contribution in [-0.2, 0) is 4.79 Å². The standard InChI is InChI=1S/C30H31N3O3/c34-26-19-21(27-16-9-17-36-27)18-24-28(26)29(20-10-3-1-4-11-20)33(25-15-8-7-14-23(25)32-24)30(35)31-22-12-5-2-6-13-22/h1,3-4,7-11,14-17,21-22,29,32H,2,5-6,12-13,18-19H2,(H,31,35)/t21-,29+/m0/s1. The molecule has 3 aliphatic rings. The number of para-hydroxylation sites is 2. The fraction of sp³-hybridized carbons (Fsp3) is 0.333. The zero-order valence-electron chi connectivity index (χ0n) is 20.3. The first-order valence-corrected chi connectivity index (χ1v) is 13.0. The Kier molecular flexibility index (Phi) is 6.09. The van der Waals surface area contributed by atoms with Crippen LogP contribution in [0.15, 0.2) is 88.7 Å². The summed E-state index contributed by atoms with van der Waals surface area (Å²) in [6, 6.07) is 21.1. The normalized spacial score (nSPS) is 22.3. The van der Waals surface area contributed by atoms with E-state index in [0.717, 1.165) is 54.1 Å². The van der Waals surface area contributed by atoms with Gasteiger partial charge in [-0.15, -0.1) is 0 Å². The van der Waals surface area contributed by atoms with E-state index in [4.69, 9.17) is 4.42 Å². The van der Waals surface area contributed by atoms with Gasteiger partial charge in [0.25, 0.3) is 0 Å². The largest absolute Gasteiger partial charge is 0.469 e. The first-order valence-electron chi connectivity index (χ1n) is 13.0. The third-order valence-corrected chi connectivity index (χ3v) is 7.70. The molecule has 1 aliphatic heterocycles. The molecular formula is C30H31N3O3. The number of anilines is 2. The predicted molar refractivity (Wildman–Crippen MR) is 140 cm³/mol. The van der Waals surface area contributed by atoms with Crippen LogP contribution in [0.1, 0.15) is 68.2 Å². The molecule has 2 amide bonds. The molecule has 3 aromatic rings. The van der Waals surface area contributed by atoms with Gasteiger partial charge in [-0.3, -0.25) is 9.69 Å². The van der Waals surface area contributed by atoms with Crippen molar-refractivity contribution in [3.8, 4) is 0 Å². The number of urea groups is 1. The van der Waals surface area contributed by atoms with Crippen LogP contribution in [0.3, 0.4) is 0 Å². The Bertz CT molecular complexity index is 1280. The van der Waals surface area contributed by atoms with E-state index in [1.165, 1.54) is 6.42 Å². The van der Waals surface area contributed by atoms with Gasteiger partial charge in [-0.05, 0) is 49.1 Å². The molecule has 0 saturated heterocycles. The minimum atomic E-state index is -0.522. The van der Waals surface area contributed by atoms with Crippen molar-refractivity contribution in [1.82, 2.24) is 5.32 Å². The molecule has 184 valence electrons. The summed E-state index contributed by atoms with van der Waals surface area (Å²) in [5.74, 6) is 0.824. The van der Waals surface area contributed by atoms with Crippen LogP contribution in [0.2, 0.25) is 0 Å². The van der Waals surface area contributed by atoms with Crippen molar-refractivity contribution in [2.24, 2.45) is 0 Å². The highest BCUT2D eigenvalue weighted by molar-refractivity contribution is 6.06. The van der Waals surface area contributed by atoms with Crippen molar-refractivity contribution in [3.63, 3.8) is 0 Å². The molecule has 2 aliphatic carbocycles. The van der Waals surface area contributed by atoms with Crippen molar-refractivity contribution < 1.29 is 14.0 Å². The van der Waals surface area contributed by atoms with E-state index in [2.05, 4.69) is 10.6 Å². The van der Waals surface area contributed by atoms with Crippen LogP contribution in [0.25, 0.3) is 0 Å². The van der Waals surface area contributed by atoms with E-state index < -0.39 is 6.04 Å². The molecule has 1 fully saturated rings. The Morgan fingerprint density at radius 3 is 2.47 bits per heavy atom. The summed E-state index contributed by atoms with van der Waals surface area (Å²) in [6.45, 7) is 0. The van der Waals surface area contributed by atoms with Crippen LogP contribution in [-0.4, -0.2) is 17.9 Å². The molecule has 1 saturated carbocycles. The average molecular weight is 482 g/mol. The Balaban J connectivity index is 1.48. The lowest BCUT2D eigenvalue weighted by Crippen LogP contribution is -2.48. The third kappa shape index (κ3) is 4.21. The first kappa shape index (κ1) is 22.7. The van der Waals surface area contributed by atoms with Gasteiger partial charge in [-0.2, -0.15) is 0 Å². The Morgan fingerprint density at radius 2 is 1.69 bits per heavy atom. The summed E-state index contributed by atoms with van der Waals surface area (Å²) in [6.07, 6.45) is 8.12. The molecule has 1 aromatic heterocycles. The summed E-state index contributed by atoms with van der Waals surface area (Å²) < 4.78 is 5.68. The summed E-state index contributed by atoms with van der Waals surface area (Å²) >= 11 is 0. The molecule has 6 heteroatoms. The number of Topliss-reactive ketones (excluding diaryl/α,β-unsaturated/α-hetero) is 1. The van der Waals surface area contributed by atoms with Crippen LogP contribution in [0, 0.1) is 0 Å². The zero-order valence-corrected chi connectivity index (χ0v) is 20.3. The number of carbonyl (C=O) groups excluding carboxylic acids is 2. The Hall–Kier alpha value is -3.80. The quantitative estimate of drug-likeness (QED) is 0.437. The van der Waals surface area contributed by atoms with Gasteiger partial charge in [-0.1, -0.05) is 61.7 Å². The van der Waals surface area contributed by atoms with Gasteiger partial charge < -0.3 is 15.1 Å². The molecule has 6 rings (SSSR count). The number of nitrogens with zero attached hydrogens (tertiary/aromatic N) is 1. The SMILES string of the molecule is O=C1C[C@@H](c2ccco2)CC2=C1[C@@H](c1ccccc1)N(C(=O)NC1CCCCC1)c1ccccc1N2. The highest BCUT2D eigenvalue weighted by Gasteiger charge is 2.42. The molecule has 0 spiro atoms. The monoisotopic (exact) mass is 481 g/mol. The fourth-order valence-corrected chi connectivity index (χ4v) is 5.98. The van der Waals surface area contributed by atoms with Gasteiger partial charge in [0.15, 0.2) is 5.78 Å². The van der Waals surface area contributed by atoms with Gasteiger partial charge in [0.1, 0.15) is 5.76 Å². The predicted octanol–water partition coefficient (Wildman–Crippen LogP) is 6.70. The van der Waals surface area contributed by atoms with Crippen molar-refractivity contribution >= 4 is 23.2 Å². The Morgan fingerprint density at radius 1 is 0.917 bits per heavy atom. The number of amides is 2. The lowest BCUT2D eigenvalue weighted by molar-refractivity contribution is -0.116. The number of fused-ring (bicyclic) bond motifs is 1. The van der Waals surface area contributed by atoms with Gasteiger partial charge in [0.2, 0.25) is 0 Å². The van der Waals surface area contributed by atoms with Gasteiger partial charge in [0, 0.05) is 29.7 Å². The molecular weight excluding hydrogens is 450 g/mol. The van der Waals surface area contributed by atoms with Crippen molar-refractivity contribution in [2.75, 3.05) is 10.2 Å². The van der Waals surface area contributed by atoms with Crippen molar-refractivity contribution in [3.05, 3.63) is 95.6 Å². The lowest BCUT2D eigenvalue weighted by atomic mass is 9.80. The molecule has 0 unspecified atom stereocenters. The number of nitrogens with one attached hydrogen (secondary N) is 2. The zero-order chi connectivity index (χ0) is 24.5. The van der Waals surface area contributed by atoms with E-state index in [1.54, 1.807) is 11.2 Å². The van der Waals surface area contributed by atoms with E-state index in [9.17, 15) is 9.59 Å². The molecule has 2 heterocycles. The van der Waals surface area contributed by atoms with E-state index >= 15 is 0 Å². The second kappa shape index (κ2) is 9.69. The number of ketones is 1. The summed E-state index contributed by atoms with van der Waals surface area (Å²) in [5.41, 5.74) is 4.06. The van der Waals surface area contributed by atoms with Crippen LogP contribution < -0.4 is 15.5 Å². The number of rotatable bonds is 3. The summed E-state index contributed by atoms with van der Waals surface area (Å²) in [4.78, 5) is 29.7. The van der Waals surface area contributed by atoms with Crippen LogP contribution >= 0.6 is 0 Å². The third-order valence-electron chi connectivity index (χ3n) is 7.70. The highest BCUT2D eigenvalue weighted by Crippen LogP contribution is 2.47. The van der Waals surface area contributed by atoms with Gasteiger partial charge >= 0.3 is 6.03 Å².